The Bertz CT molecular complexity index is 821. The number of carbonyl (C=O) groups excluding carboxylic acids is 1. The van der Waals surface area contributed by atoms with Gasteiger partial charge in [-0.1, -0.05) is 0 Å². The first-order valence-electron chi connectivity index (χ1n) is 6.69. The Morgan fingerprint density at radius 3 is 2.52 bits per heavy atom. The Morgan fingerprint density at radius 2 is 1.91 bits per heavy atom. The van der Waals surface area contributed by atoms with Crippen LogP contribution in [0.1, 0.15) is 16.8 Å². The van der Waals surface area contributed by atoms with E-state index in [0.29, 0.717) is 6.42 Å². The maximum Gasteiger partial charge on any atom is 0.338 e. The van der Waals surface area contributed by atoms with Crippen molar-refractivity contribution in [3.05, 3.63) is 73.0 Å². The number of nitro groups is 1. The largest absolute Gasteiger partial charge is 0.462 e. The van der Waals surface area contributed by atoms with E-state index in [0.717, 1.165) is 0 Å². The van der Waals surface area contributed by atoms with Gasteiger partial charge in [0.15, 0.2) is 0 Å². The number of rotatable bonds is 6. The van der Waals surface area contributed by atoms with Crippen LogP contribution < -0.4 is 11.2 Å². The van der Waals surface area contributed by atoms with E-state index in [1.807, 2.05) is 0 Å². The summed E-state index contributed by atoms with van der Waals surface area (Å²) >= 11 is 0. The molecule has 23 heavy (non-hydrogen) atoms. The molecule has 2 aromatic rings. The average Bonchev–Trinajstić information content (AvgIpc) is 2.53. The van der Waals surface area contributed by atoms with Gasteiger partial charge in [0.05, 0.1) is 17.1 Å². The number of benzene rings is 1. The van der Waals surface area contributed by atoms with E-state index in [1.165, 1.54) is 41.1 Å². The van der Waals surface area contributed by atoms with E-state index in [2.05, 4.69) is 4.98 Å². The first-order chi connectivity index (χ1) is 11.0. The molecule has 9 heteroatoms. The molecule has 0 amide bonds. The Kier molecular flexibility index (Phi) is 5.03. The molecule has 0 saturated carbocycles. The molecule has 0 aliphatic rings. The summed E-state index contributed by atoms with van der Waals surface area (Å²) in [5.41, 5.74) is -0.911. The molecule has 1 aromatic heterocycles. The van der Waals surface area contributed by atoms with Crippen LogP contribution in [0.15, 0.2) is 46.1 Å². The number of ether oxygens (including phenoxy) is 1. The van der Waals surface area contributed by atoms with Crippen LogP contribution in [0.3, 0.4) is 0 Å². The zero-order valence-electron chi connectivity index (χ0n) is 11.9. The Labute approximate surface area is 129 Å². The van der Waals surface area contributed by atoms with Gasteiger partial charge in [0, 0.05) is 30.9 Å². The van der Waals surface area contributed by atoms with Crippen LogP contribution in [0.5, 0.6) is 0 Å². The van der Waals surface area contributed by atoms with Gasteiger partial charge in [-0.25, -0.2) is 9.59 Å². The smallest absolute Gasteiger partial charge is 0.338 e. The summed E-state index contributed by atoms with van der Waals surface area (Å²) in [6.45, 7) is 0.352. The van der Waals surface area contributed by atoms with Crippen LogP contribution in [-0.4, -0.2) is 27.1 Å². The van der Waals surface area contributed by atoms with Gasteiger partial charge >= 0.3 is 11.7 Å². The van der Waals surface area contributed by atoms with Gasteiger partial charge in [0.2, 0.25) is 0 Å². The van der Waals surface area contributed by atoms with Crippen molar-refractivity contribution in [3.8, 4) is 0 Å². The van der Waals surface area contributed by atoms with Crippen molar-refractivity contribution in [2.45, 2.75) is 13.0 Å². The SMILES string of the molecule is O=C(OCCCn1ccc(=O)[nH]c1=O)c1ccc([N+](=O)[O-])cc1. The van der Waals surface area contributed by atoms with Crippen molar-refractivity contribution in [1.29, 1.82) is 0 Å². The second-order valence-electron chi connectivity index (χ2n) is 4.60. The summed E-state index contributed by atoms with van der Waals surface area (Å²) in [5, 5.41) is 10.5. The van der Waals surface area contributed by atoms with Crippen molar-refractivity contribution in [1.82, 2.24) is 9.55 Å². The molecule has 120 valence electrons. The third kappa shape index (κ3) is 4.37. The van der Waals surface area contributed by atoms with Crippen LogP contribution in [0, 0.1) is 10.1 Å². The van der Waals surface area contributed by atoms with E-state index < -0.39 is 22.1 Å². The molecule has 1 heterocycles. The number of H-pyrrole nitrogens is 1. The highest BCUT2D eigenvalue weighted by molar-refractivity contribution is 5.89. The van der Waals surface area contributed by atoms with Gasteiger partial charge in [-0.05, 0) is 18.6 Å². The van der Waals surface area contributed by atoms with Crippen LogP contribution in [0.4, 0.5) is 5.69 Å². The van der Waals surface area contributed by atoms with Gasteiger partial charge in [0.25, 0.3) is 11.2 Å². The van der Waals surface area contributed by atoms with Crippen LogP contribution in [-0.2, 0) is 11.3 Å². The number of non-ortho nitro benzene ring substituents is 1. The van der Waals surface area contributed by atoms with E-state index in [-0.39, 0.29) is 24.4 Å². The highest BCUT2D eigenvalue weighted by Crippen LogP contribution is 2.12. The molecule has 0 atom stereocenters. The standard InChI is InChI=1S/C14H13N3O6/c18-12-6-8-16(14(20)15-12)7-1-9-23-13(19)10-2-4-11(5-3-10)17(21)22/h2-6,8H,1,7,9H2,(H,15,18,20). The number of nitro benzene ring substituents is 1. The van der Waals surface area contributed by atoms with E-state index >= 15 is 0 Å². The molecule has 0 spiro atoms. The minimum Gasteiger partial charge on any atom is -0.462 e. The maximum atomic E-state index is 11.7. The maximum absolute atomic E-state index is 11.7. The number of aromatic nitrogens is 2. The molecule has 2 rings (SSSR count). The summed E-state index contributed by atoms with van der Waals surface area (Å²) in [4.78, 5) is 46.1. The number of aryl methyl sites for hydroxylation is 1. The lowest BCUT2D eigenvalue weighted by atomic mass is 10.2. The fourth-order valence-electron chi connectivity index (χ4n) is 1.82. The number of nitrogens with one attached hydrogen (secondary N) is 1. The third-order valence-corrected chi connectivity index (χ3v) is 2.99. The minimum atomic E-state index is -0.603. The van der Waals surface area contributed by atoms with Crippen molar-refractivity contribution in [2.24, 2.45) is 0 Å². The third-order valence-electron chi connectivity index (χ3n) is 2.99. The Balaban J connectivity index is 1.83. The highest BCUT2D eigenvalue weighted by atomic mass is 16.6. The molecule has 0 aliphatic carbocycles. The molecule has 0 unspecified atom stereocenters. The number of hydrogen-bond donors (Lipinski definition) is 1. The van der Waals surface area contributed by atoms with Gasteiger partial charge in [-0.2, -0.15) is 0 Å². The summed E-state index contributed by atoms with van der Waals surface area (Å²) in [6, 6.07) is 6.29. The number of carbonyl (C=O) groups is 1. The quantitative estimate of drug-likeness (QED) is 0.361. The minimum absolute atomic E-state index is 0.0708. The van der Waals surface area contributed by atoms with E-state index in [1.54, 1.807) is 0 Å². The monoisotopic (exact) mass is 319 g/mol. The number of hydrogen-bond acceptors (Lipinski definition) is 6. The number of aromatic amines is 1. The fraction of sp³-hybridized carbons (Fsp3) is 0.214. The Hall–Kier alpha value is -3.23. The zero-order chi connectivity index (χ0) is 16.8. The van der Waals surface area contributed by atoms with Crippen molar-refractivity contribution < 1.29 is 14.5 Å². The predicted octanol–water partition coefficient (Wildman–Crippen LogP) is 0.692. The van der Waals surface area contributed by atoms with Crippen molar-refractivity contribution in [3.63, 3.8) is 0 Å². The highest BCUT2D eigenvalue weighted by Gasteiger charge is 2.10. The first kappa shape index (κ1) is 16.1. The lowest BCUT2D eigenvalue weighted by Crippen LogP contribution is -2.29. The lowest BCUT2D eigenvalue weighted by Gasteiger charge is -2.06. The van der Waals surface area contributed by atoms with Gasteiger partial charge < -0.3 is 9.30 Å². The molecule has 1 N–H and O–H groups in total. The molecular weight excluding hydrogens is 306 g/mol. The number of esters is 1. The van der Waals surface area contributed by atoms with E-state index in [4.69, 9.17) is 4.74 Å². The normalized spacial score (nSPS) is 10.3. The first-order valence-corrected chi connectivity index (χ1v) is 6.69. The number of nitrogens with zero attached hydrogens (tertiary/aromatic N) is 2. The van der Waals surface area contributed by atoms with Crippen LogP contribution >= 0.6 is 0 Å². The van der Waals surface area contributed by atoms with Gasteiger partial charge in [-0.15, -0.1) is 0 Å². The summed E-state index contributed by atoms with van der Waals surface area (Å²) in [5.74, 6) is -0.603. The second kappa shape index (κ2) is 7.16. The molecule has 0 fully saturated rings. The van der Waals surface area contributed by atoms with Crippen LogP contribution in [0.25, 0.3) is 0 Å². The van der Waals surface area contributed by atoms with Crippen molar-refractivity contribution in [2.75, 3.05) is 6.61 Å². The van der Waals surface area contributed by atoms with E-state index in [9.17, 15) is 24.5 Å². The molecule has 0 aliphatic heterocycles. The molecule has 0 radical (unpaired) electrons. The lowest BCUT2D eigenvalue weighted by molar-refractivity contribution is -0.384. The second-order valence-corrected chi connectivity index (χ2v) is 4.60. The fourth-order valence-corrected chi connectivity index (χ4v) is 1.82. The summed E-state index contributed by atoms with van der Waals surface area (Å²) < 4.78 is 6.31. The zero-order valence-corrected chi connectivity index (χ0v) is 11.9. The van der Waals surface area contributed by atoms with Crippen molar-refractivity contribution >= 4 is 11.7 Å². The topological polar surface area (TPSA) is 124 Å². The molecular formula is C14H13N3O6. The average molecular weight is 319 g/mol. The molecule has 0 bridgehead atoms. The molecule has 9 nitrogen and oxygen atoms in total. The summed E-state index contributed by atoms with van der Waals surface area (Å²) in [6.07, 6.45) is 1.74. The molecule has 0 saturated heterocycles. The summed E-state index contributed by atoms with van der Waals surface area (Å²) in [7, 11) is 0. The van der Waals surface area contributed by atoms with Crippen LogP contribution in [0.2, 0.25) is 0 Å². The predicted molar refractivity (Wildman–Crippen MR) is 79.3 cm³/mol. The Morgan fingerprint density at radius 1 is 1.22 bits per heavy atom. The van der Waals surface area contributed by atoms with Gasteiger partial charge in [0.1, 0.15) is 0 Å². The molecule has 1 aromatic carbocycles. The van der Waals surface area contributed by atoms with Gasteiger partial charge in [-0.3, -0.25) is 19.9 Å².